The van der Waals surface area contributed by atoms with Crippen molar-refractivity contribution in [3.63, 3.8) is 0 Å². The van der Waals surface area contributed by atoms with Crippen LogP contribution < -0.4 is 16.2 Å². The summed E-state index contributed by atoms with van der Waals surface area (Å²) in [5, 5.41) is 19.5. The minimum atomic E-state index is -4.89. The van der Waals surface area contributed by atoms with Crippen LogP contribution in [0.1, 0.15) is 41.5 Å². The number of hydrogen-bond donors (Lipinski definition) is 2. The van der Waals surface area contributed by atoms with Crippen molar-refractivity contribution in [2.75, 3.05) is 5.32 Å². The molecule has 36 heavy (non-hydrogen) atoms. The van der Waals surface area contributed by atoms with E-state index in [1.807, 2.05) is 0 Å². The van der Waals surface area contributed by atoms with Gasteiger partial charge in [0.1, 0.15) is 11.5 Å². The monoisotopic (exact) mass is 507 g/mol. The molecule has 188 valence electrons. The quantitative estimate of drug-likeness (QED) is 0.296. The van der Waals surface area contributed by atoms with Crippen molar-refractivity contribution in [3.8, 4) is 5.69 Å². The predicted molar refractivity (Wildman–Crippen MR) is 118 cm³/mol. The van der Waals surface area contributed by atoms with Crippen LogP contribution in [0.4, 0.5) is 28.9 Å². The third-order valence-corrected chi connectivity index (χ3v) is 4.86. The number of benzene rings is 2. The van der Waals surface area contributed by atoms with Crippen LogP contribution in [0.25, 0.3) is 5.69 Å². The number of nitrogens with one attached hydrogen (secondary N) is 2. The normalized spacial score (nSPS) is 12.1. The fourth-order valence-electron chi connectivity index (χ4n) is 3.21. The minimum absolute atomic E-state index is 0.242. The molecule has 2 amide bonds. The molecular formula is C22H17F4N5O5. The van der Waals surface area contributed by atoms with Gasteiger partial charge in [-0.15, -0.1) is 0 Å². The Labute approximate surface area is 199 Å². The summed E-state index contributed by atoms with van der Waals surface area (Å²) < 4.78 is 54.5. The van der Waals surface area contributed by atoms with Crippen molar-refractivity contribution in [1.29, 1.82) is 0 Å². The van der Waals surface area contributed by atoms with E-state index in [2.05, 4.69) is 15.7 Å². The van der Waals surface area contributed by atoms with Crippen molar-refractivity contribution in [2.24, 2.45) is 0 Å². The smallest absolute Gasteiger partial charge is 0.344 e. The second-order valence-electron chi connectivity index (χ2n) is 7.55. The Morgan fingerprint density at radius 2 is 1.81 bits per heavy atom. The SMILES string of the molecule is CC(=O)Nc1cc(=O)n(-c2ccccc2F)nc1C(=O)NC(C)c1cc([N+](=O)[O-])cc(C(F)(F)F)c1. The second-order valence-corrected chi connectivity index (χ2v) is 7.55. The van der Waals surface area contributed by atoms with Crippen LogP contribution in [0.15, 0.2) is 53.3 Å². The number of para-hydroxylation sites is 1. The van der Waals surface area contributed by atoms with Crippen molar-refractivity contribution in [2.45, 2.75) is 26.1 Å². The molecule has 0 aliphatic carbocycles. The Balaban J connectivity index is 2.05. The third kappa shape index (κ3) is 5.71. The van der Waals surface area contributed by atoms with Crippen LogP contribution in [0.5, 0.6) is 0 Å². The number of nitro benzene ring substituents is 1. The van der Waals surface area contributed by atoms with Crippen LogP contribution in [-0.4, -0.2) is 26.5 Å². The van der Waals surface area contributed by atoms with Gasteiger partial charge in [0.15, 0.2) is 5.69 Å². The molecule has 1 aromatic heterocycles. The first-order valence-corrected chi connectivity index (χ1v) is 10.1. The molecule has 2 N–H and O–H groups in total. The summed E-state index contributed by atoms with van der Waals surface area (Å²) in [5.41, 5.74) is -4.45. The lowest BCUT2D eigenvalue weighted by Gasteiger charge is -2.18. The standard InChI is InChI=1S/C22H17F4N5O5/c1-11(13-7-14(22(24,25)26)9-15(8-13)31(35)36)27-21(34)20-17(28-12(2)32)10-19(33)30(29-20)18-6-4-3-5-16(18)23/h3-11H,1-2H3,(H,27,34)(H,28,32). The molecule has 0 spiro atoms. The molecule has 0 fully saturated rings. The number of hydrogen-bond acceptors (Lipinski definition) is 6. The lowest BCUT2D eigenvalue weighted by atomic mass is 10.0. The van der Waals surface area contributed by atoms with Gasteiger partial charge in [0.05, 0.1) is 22.2 Å². The molecule has 0 saturated carbocycles. The molecule has 3 aromatic rings. The van der Waals surface area contributed by atoms with E-state index >= 15 is 0 Å². The summed E-state index contributed by atoms with van der Waals surface area (Å²) in [6.07, 6.45) is -4.89. The fourth-order valence-corrected chi connectivity index (χ4v) is 3.21. The third-order valence-electron chi connectivity index (χ3n) is 4.86. The Morgan fingerprint density at radius 1 is 1.14 bits per heavy atom. The minimum Gasteiger partial charge on any atom is -0.344 e. The van der Waals surface area contributed by atoms with Gasteiger partial charge in [0.25, 0.3) is 17.2 Å². The van der Waals surface area contributed by atoms with Gasteiger partial charge in [-0.2, -0.15) is 23.0 Å². The summed E-state index contributed by atoms with van der Waals surface area (Å²) in [6, 6.07) is 6.52. The number of aromatic nitrogens is 2. The predicted octanol–water partition coefficient (Wildman–Crippen LogP) is 3.75. The fraction of sp³-hybridized carbons (Fsp3) is 0.182. The number of halogens is 4. The molecule has 3 rings (SSSR count). The average molecular weight is 507 g/mol. The van der Waals surface area contributed by atoms with Gasteiger partial charge in [-0.3, -0.25) is 24.5 Å². The van der Waals surface area contributed by atoms with Crippen molar-refractivity contribution in [1.82, 2.24) is 15.1 Å². The molecular weight excluding hydrogens is 490 g/mol. The maximum Gasteiger partial charge on any atom is 0.416 e. The molecule has 0 bridgehead atoms. The van der Waals surface area contributed by atoms with Crippen LogP contribution >= 0.6 is 0 Å². The van der Waals surface area contributed by atoms with Gasteiger partial charge >= 0.3 is 6.18 Å². The van der Waals surface area contributed by atoms with E-state index in [9.17, 15) is 42.1 Å². The number of alkyl halides is 3. The first-order valence-electron chi connectivity index (χ1n) is 10.1. The van der Waals surface area contributed by atoms with Crippen molar-refractivity contribution in [3.05, 3.63) is 91.6 Å². The number of anilines is 1. The highest BCUT2D eigenvalue weighted by atomic mass is 19.4. The van der Waals surface area contributed by atoms with E-state index in [1.54, 1.807) is 0 Å². The van der Waals surface area contributed by atoms with Crippen LogP contribution in [0.2, 0.25) is 0 Å². The van der Waals surface area contributed by atoms with Gasteiger partial charge in [-0.25, -0.2) is 4.39 Å². The van der Waals surface area contributed by atoms with E-state index in [1.165, 1.54) is 25.1 Å². The summed E-state index contributed by atoms with van der Waals surface area (Å²) in [5.74, 6) is -2.57. The Morgan fingerprint density at radius 3 is 2.39 bits per heavy atom. The summed E-state index contributed by atoms with van der Waals surface area (Å²) in [7, 11) is 0. The number of amides is 2. The van der Waals surface area contributed by atoms with Crippen molar-refractivity contribution < 1.29 is 32.1 Å². The summed E-state index contributed by atoms with van der Waals surface area (Å²) in [4.78, 5) is 47.2. The van der Waals surface area contributed by atoms with Crippen LogP contribution in [0, 0.1) is 15.9 Å². The summed E-state index contributed by atoms with van der Waals surface area (Å²) >= 11 is 0. The highest BCUT2D eigenvalue weighted by Gasteiger charge is 2.33. The molecule has 1 heterocycles. The van der Waals surface area contributed by atoms with Gasteiger partial charge in [0.2, 0.25) is 5.91 Å². The number of nitrogens with zero attached hydrogens (tertiary/aromatic N) is 3. The maximum atomic E-state index is 14.3. The zero-order valence-corrected chi connectivity index (χ0v) is 18.6. The molecule has 2 aromatic carbocycles. The van der Waals surface area contributed by atoms with Gasteiger partial charge in [-0.05, 0) is 30.7 Å². The van der Waals surface area contributed by atoms with Gasteiger partial charge in [-0.1, -0.05) is 12.1 Å². The zero-order valence-electron chi connectivity index (χ0n) is 18.6. The molecule has 0 aliphatic heterocycles. The van der Waals surface area contributed by atoms with E-state index in [4.69, 9.17) is 0 Å². The van der Waals surface area contributed by atoms with Gasteiger partial charge < -0.3 is 10.6 Å². The highest BCUT2D eigenvalue weighted by Crippen LogP contribution is 2.34. The van der Waals surface area contributed by atoms with Gasteiger partial charge in [0, 0.05) is 25.1 Å². The van der Waals surface area contributed by atoms with E-state index in [0.717, 1.165) is 25.1 Å². The van der Waals surface area contributed by atoms with E-state index in [-0.39, 0.29) is 16.9 Å². The average Bonchev–Trinajstić information content (AvgIpc) is 2.78. The molecule has 0 radical (unpaired) electrons. The molecule has 1 atom stereocenters. The Bertz CT molecular complexity index is 1420. The number of rotatable bonds is 6. The van der Waals surface area contributed by atoms with E-state index < -0.39 is 57.3 Å². The maximum absolute atomic E-state index is 14.3. The molecule has 0 saturated heterocycles. The van der Waals surface area contributed by atoms with E-state index in [0.29, 0.717) is 16.8 Å². The molecule has 10 nitrogen and oxygen atoms in total. The number of nitro groups is 1. The summed E-state index contributed by atoms with van der Waals surface area (Å²) in [6.45, 7) is 2.36. The zero-order chi connectivity index (χ0) is 26.8. The molecule has 14 heteroatoms. The van der Waals surface area contributed by atoms with Crippen molar-refractivity contribution >= 4 is 23.2 Å². The first-order chi connectivity index (χ1) is 16.8. The first kappa shape index (κ1) is 26.0. The Kier molecular flexibility index (Phi) is 7.17. The largest absolute Gasteiger partial charge is 0.416 e. The number of carbonyl (C=O) groups excluding carboxylic acids is 2. The highest BCUT2D eigenvalue weighted by molar-refractivity contribution is 6.01. The molecule has 0 aliphatic rings. The van der Waals surface area contributed by atoms with Crippen LogP contribution in [0.3, 0.4) is 0 Å². The van der Waals surface area contributed by atoms with Crippen LogP contribution in [-0.2, 0) is 11.0 Å². The molecule has 1 unspecified atom stereocenters. The lowest BCUT2D eigenvalue weighted by Crippen LogP contribution is -2.33. The Hall–Kier alpha value is -4.62. The second kappa shape index (κ2) is 9.93. The number of carbonyl (C=O) groups is 2. The topological polar surface area (TPSA) is 136 Å². The lowest BCUT2D eigenvalue weighted by molar-refractivity contribution is -0.385. The number of non-ortho nitro benzene ring substituents is 1.